The molecular formula is C24H23F3N2O. The van der Waals surface area contributed by atoms with E-state index < -0.39 is 11.9 Å². The lowest BCUT2D eigenvalue weighted by molar-refractivity contribution is -0.0921. The molecular weight excluding hydrogens is 389 g/mol. The van der Waals surface area contributed by atoms with Gasteiger partial charge in [-0.25, -0.2) is 0 Å². The molecule has 0 radical (unpaired) electrons. The lowest BCUT2D eigenvalue weighted by atomic mass is 9.90. The van der Waals surface area contributed by atoms with Crippen molar-refractivity contribution in [3.05, 3.63) is 71.9 Å². The second kappa shape index (κ2) is 8.46. The minimum Gasteiger partial charge on any atom is -0.339 e. The lowest BCUT2D eigenvalue weighted by Crippen LogP contribution is -2.38. The predicted octanol–water partition coefficient (Wildman–Crippen LogP) is 5.89. The van der Waals surface area contributed by atoms with E-state index in [9.17, 15) is 18.0 Å². The first-order chi connectivity index (χ1) is 14.4. The maximum absolute atomic E-state index is 12.8. The molecule has 0 spiro atoms. The summed E-state index contributed by atoms with van der Waals surface area (Å²) in [4.78, 5) is 18.4. The highest BCUT2D eigenvalue weighted by Gasteiger charge is 2.36. The van der Waals surface area contributed by atoms with E-state index in [0.29, 0.717) is 30.8 Å². The van der Waals surface area contributed by atoms with Crippen LogP contribution < -0.4 is 0 Å². The monoisotopic (exact) mass is 412 g/mol. The number of benzene rings is 2. The topological polar surface area (TPSA) is 32.7 Å². The molecule has 2 aliphatic rings. The van der Waals surface area contributed by atoms with Gasteiger partial charge in [-0.2, -0.15) is 13.2 Å². The first-order valence-electron chi connectivity index (χ1n) is 10.2. The lowest BCUT2D eigenvalue weighted by Gasteiger charge is -2.32. The van der Waals surface area contributed by atoms with Crippen molar-refractivity contribution < 1.29 is 18.0 Å². The Bertz CT molecular complexity index is 954. The molecule has 2 aromatic rings. The molecule has 2 aliphatic heterocycles. The molecule has 0 bridgehead atoms. The van der Waals surface area contributed by atoms with Crippen LogP contribution in [0.1, 0.15) is 36.0 Å². The number of hydrogen-bond acceptors (Lipinski definition) is 2. The maximum Gasteiger partial charge on any atom is 0.433 e. The quantitative estimate of drug-likeness (QED) is 0.617. The van der Waals surface area contributed by atoms with Crippen LogP contribution in [0, 0.1) is 5.92 Å². The van der Waals surface area contributed by atoms with Crippen LogP contribution in [0.5, 0.6) is 0 Å². The molecule has 1 fully saturated rings. The summed E-state index contributed by atoms with van der Waals surface area (Å²) in [7, 11) is 0. The van der Waals surface area contributed by atoms with Gasteiger partial charge in [0.15, 0.2) is 0 Å². The van der Waals surface area contributed by atoms with E-state index in [1.165, 1.54) is 0 Å². The number of carbonyl (C=O) groups excluding carboxylic acids is 1. The van der Waals surface area contributed by atoms with Gasteiger partial charge in [-0.3, -0.25) is 9.79 Å². The van der Waals surface area contributed by atoms with Gasteiger partial charge in [0, 0.05) is 30.8 Å². The fourth-order valence-corrected chi connectivity index (χ4v) is 4.08. The second-order valence-corrected chi connectivity index (χ2v) is 7.85. The summed E-state index contributed by atoms with van der Waals surface area (Å²) in [6, 6.07) is 17.6. The van der Waals surface area contributed by atoms with Gasteiger partial charge in [0.2, 0.25) is 0 Å². The zero-order valence-corrected chi connectivity index (χ0v) is 16.5. The van der Waals surface area contributed by atoms with Crippen molar-refractivity contribution in [3.8, 4) is 11.1 Å². The van der Waals surface area contributed by atoms with Crippen LogP contribution in [0.15, 0.2) is 71.4 Å². The Morgan fingerprint density at radius 1 is 0.967 bits per heavy atom. The Kier molecular flexibility index (Phi) is 5.75. The van der Waals surface area contributed by atoms with Gasteiger partial charge in [-0.15, -0.1) is 0 Å². The number of nitrogens with zero attached hydrogens (tertiary/aromatic N) is 2. The molecule has 6 heteroatoms. The number of aliphatic imine (C=N–C) groups is 1. The number of piperidine rings is 1. The van der Waals surface area contributed by atoms with Crippen LogP contribution in [0.2, 0.25) is 0 Å². The van der Waals surface area contributed by atoms with Crippen molar-refractivity contribution in [2.24, 2.45) is 10.9 Å². The largest absolute Gasteiger partial charge is 0.433 e. The maximum atomic E-state index is 12.8. The highest BCUT2D eigenvalue weighted by Crippen LogP contribution is 2.32. The van der Waals surface area contributed by atoms with Crippen molar-refractivity contribution in [1.82, 2.24) is 4.90 Å². The molecule has 1 amide bonds. The van der Waals surface area contributed by atoms with Gasteiger partial charge in [-0.1, -0.05) is 42.5 Å². The summed E-state index contributed by atoms with van der Waals surface area (Å²) in [5.74, 6) is 0.279. The van der Waals surface area contributed by atoms with Crippen molar-refractivity contribution in [2.45, 2.75) is 31.9 Å². The molecule has 0 aromatic heterocycles. The minimum atomic E-state index is -4.37. The number of likely N-dealkylation sites (tertiary alicyclic amines) is 1. The van der Waals surface area contributed by atoms with Gasteiger partial charge < -0.3 is 4.90 Å². The Hall–Kier alpha value is -2.89. The van der Waals surface area contributed by atoms with Gasteiger partial charge in [0.25, 0.3) is 5.91 Å². The third-order valence-electron chi connectivity index (χ3n) is 5.77. The number of hydrogen-bond donors (Lipinski definition) is 0. The third kappa shape index (κ3) is 4.64. The van der Waals surface area contributed by atoms with E-state index in [1.54, 1.807) is 0 Å². The Labute approximate surface area is 173 Å². The Morgan fingerprint density at radius 2 is 1.60 bits per heavy atom. The molecule has 4 rings (SSSR count). The van der Waals surface area contributed by atoms with E-state index in [2.05, 4.69) is 4.99 Å². The highest BCUT2D eigenvalue weighted by molar-refractivity contribution is 5.95. The van der Waals surface area contributed by atoms with Crippen molar-refractivity contribution in [2.75, 3.05) is 13.1 Å². The molecule has 0 atom stereocenters. The summed E-state index contributed by atoms with van der Waals surface area (Å²) in [6.07, 6.45) is -0.783. The Balaban J connectivity index is 1.31. The van der Waals surface area contributed by atoms with E-state index in [4.69, 9.17) is 0 Å². The number of allylic oxidation sites excluding steroid dienone is 2. The van der Waals surface area contributed by atoms with E-state index in [-0.39, 0.29) is 18.2 Å². The van der Waals surface area contributed by atoms with Crippen LogP contribution in [-0.4, -0.2) is 35.8 Å². The molecule has 0 aliphatic carbocycles. The summed E-state index contributed by atoms with van der Waals surface area (Å²) < 4.78 is 38.1. The zero-order chi connectivity index (χ0) is 21.1. The van der Waals surface area contributed by atoms with Crippen LogP contribution in [0.3, 0.4) is 0 Å². The van der Waals surface area contributed by atoms with Crippen LogP contribution in [-0.2, 0) is 0 Å². The molecule has 0 saturated carbocycles. The molecule has 156 valence electrons. The molecule has 2 heterocycles. The van der Waals surface area contributed by atoms with Crippen LogP contribution in [0.25, 0.3) is 11.1 Å². The third-order valence-corrected chi connectivity index (χ3v) is 5.77. The van der Waals surface area contributed by atoms with Gasteiger partial charge in [-0.05, 0) is 54.5 Å². The first kappa shape index (κ1) is 20.4. The summed E-state index contributed by atoms with van der Waals surface area (Å²) in [5.41, 5.74) is 2.66. The summed E-state index contributed by atoms with van der Waals surface area (Å²) in [5, 5.41) is 0. The summed E-state index contributed by atoms with van der Waals surface area (Å²) >= 11 is 0. The van der Waals surface area contributed by atoms with E-state index in [0.717, 1.165) is 30.0 Å². The van der Waals surface area contributed by atoms with Crippen molar-refractivity contribution in [3.63, 3.8) is 0 Å². The first-order valence-corrected chi connectivity index (χ1v) is 10.2. The van der Waals surface area contributed by atoms with E-state index >= 15 is 0 Å². The highest BCUT2D eigenvalue weighted by atomic mass is 19.4. The minimum absolute atomic E-state index is 0.00675. The average molecular weight is 412 g/mol. The van der Waals surface area contributed by atoms with Crippen molar-refractivity contribution in [1.29, 1.82) is 0 Å². The number of alkyl halides is 3. The molecule has 30 heavy (non-hydrogen) atoms. The molecule has 0 N–H and O–H groups in total. The fraction of sp³-hybridized carbons (Fsp3) is 0.333. The van der Waals surface area contributed by atoms with Gasteiger partial charge in [0.1, 0.15) is 5.70 Å². The van der Waals surface area contributed by atoms with Crippen LogP contribution in [0.4, 0.5) is 13.2 Å². The number of rotatable bonds is 4. The predicted molar refractivity (Wildman–Crippen MR) is 111 cm³/mol. The molecule has 1 saturated heterocycles. The van der Waals surface area contributed by atoms with E-state index in [1.807, 2.05) is 59.5 Å². The fourth-order valence-electron chi connectivity index (χ4n) is 4.08. The SMILES string of the molecule is O=C(c1ccc(-c2ccccc2)cc1)N1CCC(CC2=NC(C(F)(F)F)=CC2)CC1. The second-order valence-electron chi connectivity index (χ2n) is 7.85. The smallest absolute Gasteiger partial charge is 0.339 e. The standard InChI is InChI=1S/C24H23F3N2O/c25-24(26,27)22-11-10-21(28-22)16-17-12-14-29(15-13-17)23(30)20-8-6-19(7-9-20)18-4-2-1-3-5-18/h1-9,11,17H,10,12-16H2. The zero-order valence-electron chi connectivity index (χ0n) is 16.5. The number of amides is 1. The molecule has 0 unspecified atom stereocenters. The normalized spacial score (nSPS) is 17.6. The van der Waals surface area contributed by atoms with Crippen molar-refractivity contribution >= 4 is 11.6 Å². The molecule has 2 aromatic carbocycles. The number of halogens is 3. The molecule has 3 nitrogen and oxygen atoms in total. The van der Waals surface area contributed by atoms with Crippen LogP contribution >= 0.6 is 0 Å². The Morgan fingerprint density at radius 3 is 2.20 bits per heavy atom. The van der Waals surface area contributed by atoms with Gasteiger partial charge >= 0.3 is 6.18 Å². The van der Waals surface area contributed by atoms with Gasteiger partial charge in [0.05, 0.1) is 0 Å². The number of carbonyl (C=O) groups is 1. The summed E-state index contributed by atoms with van der Waals surface area (Å²) in [6.45, 7) is 1.24. The average Bonchev–Trinajstić information content (AvgIpc) is 3.24.